The third-order valence-electron chi connectivity index (χ3n) is 3.67. The van der Waals surface area contributed by atoms with E-state index in [2.05, 4.69) is 49.4 Å². The first-order valence-corrected chi connectivity index (χ1v) is 8.41. The summed E-state index contributed by atoms with van der Waals surface area (Å²) >= 11 is 7.77. The van der Waals surface area contributed by atoms with Crippen LogP contribution in [-0.2, 0) is 0 Å². The summed E-state index contributed by atoms with van der Waals surface area (Å²) in [5.74, 6) is 0.892. The molecule has 3 rings (SSSR count). The fourth-order valence-corrected chi connectivity index (χ4v) is 3.52. The molecule has 0 fully saturated rings. The molecule has 0 aliphatic heterocycles. The maximum absolute atomic E-state index is 5.94. The smallest absolute Gasteiger partial charge is 0.119 e. The maximum Gasteiger partial charge on any atom is 0.119 e. The zero-order valence-electron chi connectivity index (χ0n) is 12.5. The molecular formula is C19H17ClOS. The lowest BCUT2D eigenvalue weighted by atomic mass is 10.1. The van der Waals surface area contributed by atoms with Gasteiger partial charge in [-0.15, -0.1) is 11.8 Å². The Bertz CT molecular complexity index is 783. The quantitative estimate of drug-likeness (QED) is 0.516. The highest BCUT2D eigenvalue weighted by molar-refractivity contribution is 7.99. The van der Waals surface area contributed by atoms with Crippen LogP contribution in [0.15, 0.2) is 65.6 Å². The highest BCUT2D eigenvalue weighted by Crippen LogP contribution is 2.36. The summed E-state index contributed by atoms with van der Waals surface area (Å²) in [5.41, 5.74) is 1.32. The molecule has 0 saturated carbocycles. The molecule has 0 aliphatic rings. The van der Waals surface area contributed by atoms with Crippen LogP contribution in [0.3, 0.4) is 0 Å². The van der Waals surface area contributed by atoms with Crippen LogP contribution >= 0.6 is 23.4 Å². The van der Waals surface area contributed by atoms with Gasteiger partial charge in [-0.3, -0.25) is 0 Å². The van der Waals surface area contributed by atoms with E-state index >= 15 is 0 Å². The first-order valence-electron chi connectivity index (χ1n) is 7.15. The minimum atomic E-state index is 0.382. The van der Waals surface area contributed by atoms with E-state index in [1.54, 1.807) is 7.11 Å². The number of rotatable bonds is 4. The molecule has 0 amide bonds. The average molecular weight is 329 g/mol. The fourth-order valence-electron chi connectivity index (χ4n) is 2.41. The van der Waals surface area contributed by atoms with E-state index < -0.39 is 0 Å². The number of benzene rings is 3. The van der Waals surface area contributed by atoms with Crippen LogP contribution in [-0.4, -0.2) is 7.11 Å². The van der Waals surface area contributed by atoms with Crippen LogP contribution in [0.4, 0.5) is 0 Å². The summed E-state index contributed by atoms with van der Waals surface area (Å²) in [4.78, 5) is 1.23. The summed E-state index contributed by atoms with van der Waals surface area (Å²) in [6.45, 7) is 2.23. The van der Waals surface area contributed by atoms with Gasteiger partial charge in [-0.25, -0.2) is 0 Å². The second-order valence-electron chi connectivity index (χ2n) is 5.19. The van der Waals surface area contributed by atoms with Crippen LogP contribution in [0, 0.1) is 0 Å². The van der Waals surface area contributed by atoms with Crippen molar-refractivity contribution in [1.29, 1.82) is 0 Å². The Morgan fingerprint density at radius 2 is 1.59 bits per heavy atom. The molecule has 0 aliphatic carbocycles. The normalized spacial score (nSPS) is 12.3. The Balaban J connectivity index is 1.84. The van der Waals surface area contributed by atoms with Crippen molar-refractivity contribution in [3.05, 3.63) is 71.2 Å². The third kappa shape index (κ3) is 3.40. The van der Waals surface area contributed by atoms with Gasteiger partial charge in [0.15, 0.2) is 0 Å². The summed E-state index contributed by atoms with van der Waals surface area (Å²) in [6.07, 6.45) is 0. The average Bonchev–Trinajstić information content (AvgIpc) is 2.56. The summed E-state index contributed by atoms with van der Waals surface area (Å²) in [7, 11) is 1.69. The van der Waals surface area contributed by atoms with Crippen LogP contribution in [0.25, 0.3) is 10.8 Å². The van der Waals surface area contributed by atoms with Crippen molar-refractivity contribution < 1.29 is 4.74 Å². The van der Waals surface area contributed by atoms with Crippen LogP contribution in [0.5, 0.6) is 5.75 Å². The highest BCUT2D eigenvalue weighted by atomic mass is 35.5. The SMILES string of the molecule is COc1ccc2cc(C(C)Sc3ccc(Cl)cc3)ccc2c1. The monoisotopic (exact) mass is 328 g/mol. The van der Waals surface area contributed by atoms with Gasteiger partial charge in [0.05, 0.1) is 7.11 Å². The van der Waals surface area contributed by atoms with Crippen molar-refractivity contribution >= 4 is 34.1 Å². The van der Waals surface area contributed by atoms with E-state index in [0.29, 0.717) is 5.25 Å². The molecule has 0 aromatic heterocycles. The maximum atomic E-state index is 5.94. The van der Waals surface area contributed by atoms with Gasteiger partial charge in [-0.05, 0) is 59.7 Å². The van der Waals surface area contributed by atoms with Crippen molar-refractivity contribution in [3.63, 3.8) is 0 Å². The van der Waals surface area contributed by atoms with Crippen molar-refractivity contribution in [3.8, 4) is 5.75 Å². The molecule has 0 bridgehead atoms. The first kappa shape index (κ1) is 15.3. The Kier molecular flexibility index (Phi) is 4.60. The molecule has 3 aromatic rings. The first-order chi connectivity index (χ1) is 10.7. The number of fused-ring (bicyclic) bond motifs is 1. The zero-order valence-corrected chi connectivity index (χ0v) is 14.1. The van der Waals surface area contributed by atoms with E-state index in [9.17, 15) is 0 Å². The molecule has 0 radical (unpaired) electrons. The van der Waals surface area contributed by atoms with Crippen LogP contribution in [0.2, 0.25) is 5.02 Å². The highest BCUT2D eigenvalue weighted by Gasteiger charge is 2.08. The Labute approximate surface area is 140 Å². The molecular weight excluding hydrogens is 312 g/mol. The molecule has 112 valence electrons. The molecule has 0 heterocycles. The van der Waals surface area contributed by atoms with Gasteiger partial charge in [0, 0.05) is 15.2 Å². The lowest BCUT2D eigenvalue weighted by Crippen LogP contribution is -1.89. The largest absolute Gasteiger partial charge is 0.497 e. The number of ether oxygens (including phenoxy) is 1. The summed E-state index contributed by atoms with van der Waals surface area (Å²) in [5, 5.41) is 3.60. The lowest BCUT2D eigenvalue weighted by molar-refractivity contribution is 0.415. The third-order valence-corrected chi connectivity index (χ3v) is 5.09. The zero-order chi connectivity index (χ0) is 15.5. The van der Waals surface area contributed by atoms with Crippen molar-refractivity contribution in [2.75, 3.05) is 7.11 Å². The Morgan fingerprint density at radius 3 is 2.32 bits per heavy atom. The Morgan fingerprint density at radius 1 is 0.909 bits per heavy atom. The summed E-state index contributed by atoms with van der Waals surface area (Å²) in [6, 6.07) is 20.8. The second-order valence-corrected chi connectivity index (χ2v) is 7.04. The number of hydrogen-bond acceptors (Lipinski definition) is 2. The van der Waals surface area contributed by atoms with E-state index in [0.717, 1.165) is 10.8 Å². The minimum Gasteiger partial charge on any atom is -0.497 e. The van der Waals surface area contributed by atoms with Crippen molar-refractivity contribution in [1.82, 2.24) is 0 Å². The van der Waals surface area contributed by atoms with Crippen molar-refractivity contribution in [2.24, 2.45) is 0 Å². The molecule has 1 atom stereocenters. The van der Waals surface area contributed by atoms with Gasteiger partial charge in [0.25, 0.3) is 0 Å². The molecule has 0 spiro atoms. The van der Waals surface area contributed by atoms with Gasteiger partial charge < -0.3 is 4.74 Å². The number of hydrogen-bond donors (Lipinski definition) is 0. The van der Waals surface area contributed by atoms with Gasteiger partial charge in [0.2, 0.25) is 0 Å². The van der Waals surface area contributed by atoms with Crippen molar-refractivity contribution in [2.45, 2.75) is 17.1 Å². The van der Waals surface area contributed by atoms with Gasteiger partial charge in [0.1, 0.15) is 5.75 Å². The van der Waals surface area contributed by atoms with E-state index in [1.807, 2.05) is 30.0 Å². The predicted molar refractivity (Wildman–Crippen MR) is 96.2 cm³/mol. The second kappa shape index (κ2) is 6.64. The summed E-state index contributed by atoms with van der Waals surface area (Å²) < 4.78 is 5.27. The minimum absolute atomic E-state index is 0.382. The number of methoxy groups -OCH3 is 1. The molecule has 3 aromatic carbocycles. The molecule has 3 heteroatoms. The molecule has 0 N–H and O–H groups in total. The van der Waals surface area contributed by atoms with Gasteiger partial charge >= 0.3 is 0 Å². The van der Waals surface area contributed by atoms with Crippen LogP contribution in [0.1, 0.15) is 17.7 Å². The predicted octanol–water partition coefficient (Wildman–Crippen LogP) is 6.36. The lowest BCUT2D eigenvalue weighted by Gasteiger charge is -2.13. The topological polar surface area (TPSA) is 9.23 Å². The molecule has 22 heavy (non-hydrogen) atoms. The van der Waals surface area contributed by atoms with Gasteiger partial charge in [-0.2, -0.15) is 0 Å². The number of halogens is 1. The van der Waals surface area contributed by atoms with Gasteiger partial charge in [-0.1, -0.05) is 35.9 Å². The molecule has 0 saturated heterocycles. The van der Waals surface area contributed by atoms with Crippen LogP contribution < -0.4 is 4.74 Å². The standard InChI is InChI=1S/C19H17ClOS/c1-13(22-19-9-6-17(20)7-10-19)14-3-4-16-12-18(21-2)8-5-15(16)11-14/h3-13H,1-2H3. The molecule has 1 nitrogen and oxygen atoms in total. The van der Waals surface area contributed by atoms with E-state index in [-0.39, 0.29) is 0 Å². The Hall–Kier alpha value is -1.64. The van der Waals surface area contributed by atoms with E-state index in [4.69, 9.17) is 16.3 Å². The molecule has 1 unspecified atom stereocenters. The number of thioether (sulfide) groups is 1. The fraction of sp³-hybridized carbons (Fsp3) is 0.158. The van der Waals surface area contributed by atoms with E-state index in [1.165, 1.54) is 21.2 Å².